The molecule has 0 radical (unpaired) electrons. The van der Waals surface area contributed by atoms with E-state index in [4.69, 9.17) is 11.5 Å². The van der Waals surface area contributed by atoms with Crippen LogP contribution in [-0.2, 0) is 21.5 Å². The fourth-order valence-electron chi connectivity index (χ4n) is 2.82. The molecule has 1 unspecified atom stereocenters. The molecule has 0 aliphatic heterocycles. The molecule has 0 heterocycles. The van der Waals surface area contributed by atoms with Gasteiger partial charge in [0, 0.05) is 6.42 Å². The summed E-state index contributed by atoms with van der Waals surface area (Å²) in [7, 11) is 0. The van der Waals surface area contributed by atoms with E-state index in [9.17, 15) is 9.59 Å². The Morgan fingerprint density at radius 2 is 1.60 bits per heavy atom. The molecule has 25 heavy (non-hydrogen) atoms. The van der Waals surface area contributed by atoms with Crippen molar-refractivity contribution in [2.45, 2.75) is 37.8 Å². The third kappa shape index (κ3) is 5.43. The van der Waals surface area contributed by atoms with E-state index in [2.05, 4.69) is 5.32 Å². The Kier molecular flexibility index (Phi) is 6.31. The Bertz CT molecular complexity index is 703. The molecule has 132 valence electrons. The molecule has 0 saturated carbocycles. The first kappa shape index (κ1) is 18.7. The third-order valence-electron chi connectivity index (χ3n) is 4.25. The lowest BCUT2D eigenvalue weighted by Crippen LogP contribution is -2.51. The maximum absolute atomic E-state index is 12.5. The summed E-state index contributed by atoms with van der Waals surface area (Å²) in [4.78, 5) is 23.5. The van der Waals surface area contributed by atoms with Crippen LogP contribution in [0.5, 0.6) is 0 Å². The van der Waals surface area contributed by atoms with Crippen LogP contribution in [0.4, 0.5) is 0 Å². The van der Waals surface area contributed by atoms with Gasteiger partial charge in [0.25, 0.3) is 0 Å². The van der Waals surface area contributed by atoms with Gasteiger partial charge in [-0.25, -0.2) is 0 Å². The Labute approximate surface area is 148 Å². The monoisotopic (exact) mass is 339 g/mol. The van der Waals surface area contributed by atoms with E-state index < -0.39 is 17.5 Å². The summed E-state index contributed by atoms with van der Waals surface area (Å²) in [6.45, 7) is 1.98. The van der Waals surface area contributed by atoms with Crippen LogP contribution in [0, 0.1) is 0 Å². The highest BCUT2D eigenvalue weighted by molar-refractivity contribution is 5.83. The lowest BCUT2D eigenvalue weighted by molar-refractivity contribution is -0.124. The number of carbonyl (C=O) groups is 2. The zero-order valence-electron chi connectivity index (χ0n) is 14.4. The highest BCUT2D eigenvalue weighted by atomic mass is 16.2. The van der Waals surface area contributed by atoms with Crippen molar-refractivity contribution < 1.29 is 9.59 Å². The lowest BCUT2D eigenvalue weighted by atomic mass is 9.85. The zero-order chi connectivity index (χ0) is 18.3. The number of primary amides is 1. The third-order valence-corrected chi connectivity index (χ3v) is 4.25. The van der Waals surface area contributed by atoms with Crippen molar-refractivity contribution in [1.82, 2.24) is 5.32 Å². The molecule has 5 nitrogen and oxygen atoms in total. The summed E-state index contributed by atoms with van der Waals surface area (Å²) < 4.78 is 0. The molecule has 2 rings (SSSR count). The number of hydrogen-bond acceptors (Lipinski definition) is 3. The number of nitrogens with two attached hydrogens (primary N) is 2. The summed E-state index contributed by atoms with van der Waals surface area (Å²) in [5.41, 5.74) is 12.6. The van der Waals surface area contributed by atoms with Crippen LogP contribution >= 0.6 is 0 Å². The maximum Gasteiger partial charge on any atom is 0.237 e. The van der Waals surface area contributed by atoms with Gasteiger partial charge in [-0.05, 0) is 30.9 Å². The second kappa shape index (κ2) is 8.44. The zero-order valence-corrected chi connectivity index (χ0v) is 14.4. The summed E-state index contributed by atoms with van der Waals surface area (Å²) in [5, 5.41) is 3.07. The number of rotatable bonds is 8. The van der Waals surface area contributed by atoms with Crippen molar-refractivity contribution in [1.29, 1.82) is 0 Å². The minimum absolute atomic E-state index is 0.0926. The maximum atomic E-state index is 12.5. The minimum atomic E-state index is -0.772. The number of nitrogens with one attached hydrogen (secondary N) is 1. The molecule has 0 spiro atoms. The van der Waals surface area contributed by atoms with E-state index in [0.29, 0.717) is 6.42 Å². The molecule has 0 bridgehead atoms. The number of hydrogen-bond donors (Lipinski definition) is 3. The summed E-state index contributed by atoms with van der Waals surface area (Å²) in [6.07, 6.45) is 0.957. The topological polar surface area (TPSA) is 98.2 Å². The van der Waals surface area contributed by atoms with Gasteiger partial charge in [0.05, 0.1) is 11.6 Å². The van der Waals surface area contributed by atoms with E-state index in [1.54, 1.807) is 0 Å². The number of carbonyl (C=O) groups excluding carboxylic acids is 2. The second-order valence-corrected chi connectivity index (χ2v) is 6.46. The van der Waals surface area contributed by atoms with Crippen LogP contribution in [0.1, 0.15) is 30.9 Å². The van der Waals surface area contributed by atoms with E-state index >= 15 is 0 Å². The van der Waals surface area contributed by atoms with Crippen LogP contribution in [-0.4, -0.2) is 17.9 Å². The van der Waals surface area contributed by atoms with Gasteiger partial charge in [-0.3, -0.25) is 9.59 Å². The average molecular weight is 339 g/mol. The van der Waals surface area contributed by atoms with Crippen LogP contribution in [0.3, 0.4) is 0 Å². The largest absolute Gasteiger partial charge is 0.370 e. The lowest BCUT2D eigenvalue weighted by Gasteiger charge is -2.33. The van der Waals surface area contributed by atoms with Crippen molar-refractivity contribution in [3.8, 4) is 0 Å². The normalized spacial score (nSPS) is 14.3. The molecule has 0 saturated heterocycles. The fourth-order valence-corrected chi connectivity index (χ4v) is 2.82. The molecule has 5 N–H and O–H groups in total. The molecule has 0 aromatic heterocycles. The molecule has 2 aromatic rings. The molecule has 0 aliphatic rings. The van der Waals surface area contributed by atoms with Crippen molar-refractivity contribution in [2.75, 3.05) is 0 Å². The molecule has 0 aliphatic carbocycles. The molecule has 2 atom stereocenters. The van der Waals surface area contributed by atoms with E-state index in [-0.39, 0.29) is 18.7 Å². The second-order valence-electron chi connectivity index (χ2n) is 6.46. The highest BCUT2D eigenvalue weighted by Gasteiger charge is 2.30. The van der Waals surface area contributed by atoms with Gasteiger partial charge in [-0.1, -0.05) is 60.7 Å². The minimum Gasteiger partial charge on any atom is -0.370 e. The van der Waals surface area contributed by atoms with Crippen LogP contribution in [0.15, 0.2) is 60.7 Å². The first-order valence-corrected chi connectivity index (χ1v) is 8.36. The Hall–Kier alpha value is -2.66. The summed E-state index contributed by atoms with van der Waals surface area (Å²) in [6, 6.07) is 19.0. The van der Waals surface area contributed by atoms with Gasteiger partial charge < -0.3 is 16.8 Å². The van der Waals surface area contributed by atoms with E-state index in [1.807, 2.05) is 67.6 Å². The van der Waals surface area contributed by atoms with Crippen LogP contribution < -0.4 is 16.8 Å². The molecule has 0 fully saturated rings. The Balaban J connectivity index is 2.20. The highest BCUT2D eigenvalue weighted by Crippen LogP contribution is 2.25. The molecular formula is C20H25N3O2. The smallest absolute Gasteiger partial charge is 0.237 e. The Morgan fingerprint density at radius 1 is 1.04 bits per heavy atom. The van der Waals surface area contributed by atoms with Gasteiger partial charge in [0.1, 0.15) is 0 Å². The van der Waals surface area contributed by atoms with Gasteiger partial charge in [-0.2, -0.15) is 0 Å². The molecular weight excluding hydrogens is 314 g/mol. The SMILES string of the molecule is CC(Cc1ccccc1)(NC(=O)[C@@H](N)CCC(N)=O)c1ccccc1. The van der Waals surface area contributed by atoms with Gasteiger partial charge in [-0.15, -0.1) is 0 Å². The molecule has 5 heteroatoms. The molecule has 2 aromatic carbocycles. The van der Waals surface area contributed by atoms with Crippen molar-refractivity contribution in [2.24, 2.45) is 11.5 Å². The quantitative estimate of drug-likeness (QED) is 0.684. The first-order valence-electron chi connectivity index (χ1n) is 8.36. The van der Waals surface area contributed by atoms with Crippen molar-refractivity contribution in [3.05, 3.63) is 71.8 Å². The number of amides is 2. The van der Waals surface area contributed by atoms with Gasteiger partial charge in [0.2, 0.25) is 11.8 Å². The summed E-state index contributed by atoms with van der Waals surface area (Å²) >= 11 is 0. The van der Waals surface area contributed by atoms with Gasteiger partial charge in [0.15, 0.2) is 0 Å². The standard InChI is InChI=1S/C20H25N3O2/c1-20(16-10-6-3-7-11-16,14-15-8-4-2-5-9-15)23-19(25)17(21)12-13-18(22)24/h2-11,17H,12-14,21H2,1H3,(H2,22,24)(H,23,25)/t17-,20?/m0/s1. The van der Waals surface area contributed by atoms with E-state index in [0.717, 1.165) is 11.1 Å². The van der Waals surface area contributed by atoms with Crippen molar-refractivity contribution >= 4 is 11.8 Å². The number of benzene rings is 2. The predicted molar refractivity (Wildman–Crippen MR) is 98.5 cm³/mol. The fraction of sp³-hybridized carbons (Fsp3) is 0.300. The predicted octanol–water partition coefficient (Wildman–Crippen LogP) is 1.85. The van der Waals surface area contributed by atoms with E-state index in [1.165, 1.54) is 0 Å². The first-order chi connectivity index (χ1) is 11.9. The average Bonchev–Trinajstić information content (AvgIpc) is 2.61. The molecule has 2 amide bonds. The van der Waals surface area contributed by atoms with Crippen molar-refractivity contribution in [3.63, 3.8) is 0 Å². The van der Waals surface area contributed by atoms with Crippen LogP contribution in [0.2, 0.25) is 0 Å². The van der Waals surface area contributed by atoms with Gasteiger partial charge >= 0.3 is 0 Å². The summed E-state index contributed by atoms with van der Waals surface area (Å²) in [5.74, 6) is -0.748. The Morgan fingerprint density at radius 3 is 2.16 bits per heavy atom. The van der Waals surface area contributed by atoms with Crippen LogP contribution in [0.25, 0.3) is 0 Å².